The molecule has 1 fully saturated rings. The van der Waals surface area contributed by atoms with Crippen molar-refractivity contribution in [2.24, 2.45) is 4.99 Å². The molecule has 0 bridgehead atoms. The van der Waals surface area contributed by atoms with Crippen molar-refractivity contribution in [3.8, 4) is 0 Å². The Hall–Kier alpha value is -0.600. The number of ether oxygens (including phenoxy) is 1. The largest absolute Gasteiger partial charge is 0.382 e. The van der Waals surface area contributed by atoms with Gasteiger partial charge >= 0.3 is 0 Å². The summed E-state index contributed by atoms with van der Waals surface area (Å²) in [6.45, 7) is 4.24. The molecule has 4 nitrogen and oxygen atoms in total. The molecular weight excluding hydrogens is 432 g/mol. The van der Waals surface area contributed by atoms with E-state index in [1.54, 1.807) is 19.2 Å². The Morgan fingerprint density at radius 3 is 2.91 bits per heavy atom. The number of rotatable bonds is 7. The summed E-state index contributed by atoms with van der Waals surface area (Å²) in [7, 11) is 1.73. The van der Waals surface area contributed by atoms with Crippen LogP contribution in [0.1, 0.15) is 31.2 Å². The van der Waals surface area contributed by atoms with Gasteiger partial charge in [-0.1, -0.05) is 17.7 Å². The lowest BCUT2D eigenvalue weighted by atomic mass is 10.1. The standard InChI is InChI=1S/C16H23ClFN3O.HI/c1-3-22-9-5-8-20-16(19-2)21-14-10-11(14)15-12(17)6-4-7-13(15)18;/h4,6-7,11,14H,3,5,8-10H2,1-2H3,(H2,19,20,21);1H. The monoisotopic (exact) mass is 455 g/mol. The van der Waals surface area contributed by atoms with Crippen LogP contribution in [0.5, 0.6) is 0 Å². The minimum Gasteiger partial charge on any atom is -0.382 e. The highest BCUT2D eigenvalue weighted by Crippen LogP contribution is 2.44. The molecule has 2 rings (SSSR count). The maximum Gasteiger partial charge on any atom is 0.191 e. The first-order chi connectivity index (χ1) is 10.7. The van der Waals surface area contributed by atoms with Crippen molar-refractivity contribution in [2.45, 2.75) is 31.7 Å². The van der Waals surface area contributed by atoms with Crippen LogP contribution in [0, 0.1) is 5.82 Å². The van der Waals surface area contributed by atoms with Crippen LogP contribution in [0.4, 0.5) is 4.39 Å². The fraction of sp³-hybridized carbons (Fsp3) is 0.562. The average Bonchev–Trinajstić information content (AvgIpc) is 3.24. The topological polar surface area (TPSA) is 45.6 Å². The van der Waals surface area contributed by atoms with Gasteiger partial charge in [-0.25, -0.2) is 4.39 Å². The molecule has 0 heterocycles. The van der Waals surface area contributed by atoms with E-state index in [1.807, 2.05) is 6.92 Å². The maximum absolute atomic E-state index is 13.9. The highest BCUT2D eigenvalue weighted by atomic mass is 127. The summed E-state index contributed by atoms with van der Waals surface area (Å²) in [5, 5.41) is 7.03. The smallest absolute Gasteiger partial charge is 0.191 e. The van der Waals surface area contributed by atoms with E-state index in [-0.39, 0.29) is 41.8 Å². The SMILES string of the molecule is CCOCCCNC(=NC)NC1CC1c1c(F)cccc1Cl.I. The van der Waals surface area contributed by atoms with Crippen LogP contribution in [0.15, 0.2) is 23.2 Å². The summed E-state index contributed by atoms with van der Waals surface area (Å²) >= 11 is 6.10. The van der Waals surface area contributed by atoms with Crippen molar-refractivity contribution in [2.75, 3.05) is 26.8 Å². The molecule has 7 heteroatoms. The normalized spacial score (nSPS) is 19.9. The molecule has 2 unspecified atom stereocenters. The number of hydrogen-bond acceptors (Lipinski definition) is 2. The quantitative estimate of drug-likeness (QED) is 0.286. The number of hydrogen-bond donors (Lipinski definition) is 2. The molecule has 1 saturated carbocycles. The van der Waals surface area contributed by atoms with Gasteiger partial charge in [0.2, 0.25) is 0 Å². The summed E-state index contributed by atoms with van der Waals surface area (Å²) < 4.78 is 19.2. The molecule has 0 spiro atoms. The van der Waals surface area contributed by atoms with Crippen LogP contribution in [-0.2, 0) is 4.74 Å². The first-order valence-corrected chi connectivity index (χ1v) is 8.04. The van der Waals surface area contributed by atoms with Crippen molar-refractivity contribution < 1.29 is 9.13 Å². The minimum absolute atomic E-state index is 0. The van der Waals surface area contributed by atoms with Crippen molar-refractivity contribution in [1.82, 2.24) is 10.6 Å². The molecule has 23 heavy (non-hydrogen) atoms. The third-order valence-corrected chi connectivity index (χ3v) is 4.00. The zero-order valence-electron chi connectivity index (χ0n) is 13.4. The lowest BCUT2D eigenvalue weighted by Crippen LogP contribution is -2.39. The second-order valence-corrected chi connectivity index (χ2v) is 5.69. The first kappa shape index (κ1) is 20.4. The van der Waals surface area contributed by atoms with Crippen LogP contribution < -0.4 is 10.6 Å². The third-order valence-electron chi connectivity index (χ3n) is 3.67. The lowest BCUT2D eigenvalue weighted by molar-refractivity contribution is 0.145. The molecule has 1 aliphatic rings. The van der Waals surface area contributed by atoms with Gasteiger partial charge in [0.05, 0.1) is 0 Å². The zero-order valence-corrected chi connectivity index (χ0v) is 16.5. The number of nitrogens with one attached hydrogen (secondary N) is 2. The Labute approximate surface area is 159 Å². The molecule has 2 N–H and O–H groups in total. The van der Waals surface area contributed by atoms with Crippen molar-refractivity contribution in [1.29, 1.82) is 0 Å². The van der Waals surface area contributed by atoms with Gasteiger partial charge in [0.15, 0.2) is 5.96 Å². The summed E-state index contributed by atoms with van der Waals surface area (Å²) in [6, 6.07) is 4.99. The van der Waals surface area contributed by atoms with Crippen LogP contribution in [0.3, 0.4) is 0 Å². The number of aliphatic imine (C=N–C) groups is 1. The van der Waals surface area contributed by atoms with Crippen LogP contribution in [0.25, 0.3) is 0 Å². The van der Waals surface area contributed by atoms with Gasteiger partial charge in [-0.2, -0.15) is 0 Å². The Bertz CT molecular complexity index is 510. The molecule has 1 aromatic rings. The average molecular weight is 456 g/mol. The molecule has 1 aliphatic carbocycles. The molecule has 0 aliphatic heterocycles. The fourth-order valence-electron chi connectivity index (χ4n) is 2.43. The van der Waals surface area contributed by atoms with Crippen LogP contribution in [-0.4, -0.2) is 38.8 Å². The van der Waals surface area contributed by atoms with Gasteiger partial charge in [0.1, 0.15) is 5.82 Å². The van der Waals surface area contributed by atoms with E-state index in [1.165, 1.54) is 6.07 Å². The Morgan fingerprint density at radius 1 is 1.48 bits per heavy atom. The summed E-state index contributed by atoms with van der Waals surface area (Å²) in [5.74, 6) is 0.605. The Morgan fingerprint density at radius 2 is 2.26 bits per heavy atom. The maximum atomic E-state index is 13.9. The molecule has 130 valence electrons. The van der Waals surface area contributed by atoms with E-state index in [9.17, 15) is 4.39 Å². The van der Waals surface area contributed by atoms with Crippen molar-refractivity contribution in [3.05, 3.63) is 34.6 Å². The van der Waals surface area contributed by atoms with E-state index in [0.717, 1.165) is 38.6 Å². The second-order valence-electron chi connectivity index (χ2n) is 5.28. The van der Waals surface area contributed by atoms with E-state index < -0.39 is 0 Å². The molecule has 0 amide bonds. The van der Waals surface area contributed by atoms with Gasteiger partial charge in [0.25, 0.3) is 0 Å². The van der Waals surface area contributed by atoms with Gasteiger partial charge in [0, 0.05) is 49.4 Å². The molecule has 2 atom stereocenters. The lowest BCUT2D eigenvalue weighted by Gasteiger charge is -2.12. The highest BCUT2D eigenvalue weighted by Gasteiger charge is 2.41. The first-order valence-electron chi connectivity index (χ1n) is 7.66. The van der Waals surface area contributed by atoms with Gasteiger partial charge in [-0.05, 0) is 31.9 Å². The minimum atomic E-state index is -0.235. The molecule has 1 aromatic carbocycles. The van der Waals surface area contributed by atoms with Crippen LogP contribution in [0.2, 0.25) is 5.02 Å². The van der Waals surface area contributed by atoms with Crippen LogP contribution >= 0.6 is 35.6 Å². The molecular formula is C16H24ClFIN3O. The number of guanidine groups is 1. The molecule has 0 saturated heterocycles. The van der Waals surface area contributed by atoms with E-state index in [4.69, 9.17) is 16.3 Å². The van der Waals surface area contributed by atoms with Crippen molar-refractivity contribution in [3.63, 3.8) is 0 Å². The van der Waals surface area contributed by atoms with Crippen molar-refractivity contribution >= 4 is 41.5 Å². The molecule has 0 radical (unpaired) electrons. The highest BCUT2D eigenvalue weighted by molar-refractivity contribution is 14.0. The number of halogens is 3. The van der Waals surface area contributed by atoms with E-state index in [0.29, 0.717) is 10.6 Å². The summed E-state index contributed by atoms with van der Waals surface area (Å²) in [6.07, 6.45) is 1.78. The Kier molecular flexibility index (Phi) is 9.16. The fourth-order valence-corrected chi connectivity index (χ4v) is 2.74. The van der Waals surface area contributed by atoms with Gasteiger partial charge in [-0.15, -0.1) is 24.0 Å². The summed E-state index contributed by atoms with van der Waals surface area (Å²) in [4.78, 5) is 4.19. The van der Waals surface area contributed by atoms with Gasteiger partial charge < -0.3 is 15.4 Å². The number of benzene rings is 1. The Balaban J connectivity index is 0.00000264. The predicted molar refractivity (Wildman–Crippen MR) is 104 cm³/mol. The van der Waals surface area contributed by atoms with Gasteiger partial charge in [-0.3, -0.25) is 4.99 Å². The second kappa shape index (κ2) is 10.3. The predicted octanol–water partition coefficient (Wildman–Crippen LogP) is 3.54. The number of nitrogens with zero attached hydrogens (tertiary/aromatic N) is 1. The zero-order chi connectivity index (χ0) is 15.9. The molecule has 0 aromatic heterocycles. The van der Waals surface area contributed by atoms with E-state index >= 15 is 0 Å². The van der Waals surface area contributed by atoms with E-state index in [2.05, 4.69) is 15.6 Å². The third kappa shape index (κ3) is 6.08. The summed E-state index contributed by atoms with van der Waals surface area (Å²) in [5.41, 5.74) is 0.605.